The molecule has 0 radical (unpaired) electrons. The highest BCUT2D eigenvalue weighted by Gasteiger charge is 2.12. The van der Waals surface area contributed by atoms with Gasteiger partial charge in [-0.2, -0.15) is 4.52 Å². The van der Waals surface area contributed by atoms with Gasteiger partial charge in [0.2, 0.25) is 5.88 Å². The number of hydrogen-bond donors (Lipinski definition) is 1. The van der Waals surface area contributed by atoms with Crippen molar-refractivity contribution in [2.75, 3.05) is 20.3 Å². The van der Waals surface area contributed by atoms with E-state index in [9.17, 15) is 14.9 Å². The fourth-order valence-corrected chi connectivity index (χ4v) is 2.95. The molecule has 1 N–H and O–H groups in total. The van der Waals surface area contributed by atoms with Crippen molar-refractivity contribution in [2.24, 2.45) is 0 Å². The number of nitro groups is 1. The van der Waals surface area contributed by atoms with E-state index in [-0.39, 0.29) is 24.7 Å². The fraction of sp³-hybridized carbons (Fsp3) is 0.143. The van der Waals surface area contributed by atoms with Gasteiger partial charge in [0, 0.05) is 29.3 Å². The van der Waals surface area contributed by atoms with E-state index in [2.05, 4.69) is 20.6 Å². The van der Waals surface area contributed by atoms with Crippen LogP contribution in [0.1, 0.15) is 10.4 Å². The monoisotopic (exact) mass is 434 g/mol. The lowest BCUT2D eigenvalue weighted by Gasteiger charge is -2.08. The average molecular weight is 434 g/mol. The van der Waals surface area contributed by atoms with Crippen molar-refractivity contribution < 1.29 is 19.2 Å². The molecule has 2 aromatic heterocycles. The van der Waals surface area contributed by atoms with Crippen LogP contribution in [0.5, 0.6) is 11.6 Å². The molecule has 0 unspecified atom stereocenters. The zero-order valence-corrected chi connectivity index (χ0v) is 17.0. The third kappa shape index (κ3) is 4.46. The number of nitro benzene ring substituents is 1. The second-order valence-corrected chi connectivity index (χ2v) is 6.61. The average Bonchev–Trinajstić information content (AvgIpc) is 3.25. The normalized spacial score (nSPS) is 10.7. The Morgan fingerprint density at radius 3 is 2.69 bits per heavy atom. The van der Waals surface area contributed by atoms with Crippen molar-refractivity contribution in [3.8, 4) is 23.0 Å². The molecule has 0 saturated carbocycles. The van der Waals surface area contributed by atoms with Crippen molar-refractivity contribution in [1.29, 1.82) is 0 Å². The lowest BCUT2D eigenvalue weighted by Crippen LogP contribution is -2.28. The fourth-order valence-electron chi connectivity index (χ4n) is 2.95. The van der Waals surface area contributed by atoms with Gasteiger partial charge >= 0.3 is 0 Å². The summed E-state index contributed by atoms with van der Waals surface area (Å²) >= 11 is 0. The van der Waals surface area contributed by atoms with Crippen LogP contribution in [-0.4, -0.2) is 50.9 Å². The summed E-state index contributed by atoms with van der Waals surface area (Å²) in [6.07, 6.45) is 0. The number of carbonyl (C=O) groups is 1. The van der Waals surface area contributed by atoms with E-state index in [1.807, 2.05) is 24.3 Å². The third-order valence-electron chi connectivity index (χ3n) is 4.54. The van der Waals surface area contributed by atoms with E-state index in [4.69, 9.17) is 9.47 Å². The minimum Gasteiger partial charge on any atom is -0.497 e. The number of hydrogen-bond acceptors (Lipinski definition) is 8. The smallest absolute Gasteiger partial charge is 0.269 e. The molecule has 0 aliphatic heterocycles. The van der Waals surface area contributed by atoms with E-state index in [0.717, 1.165) is 5.56 Å². The van der Waals surface area contributed by atoms with Crippen LogP contribution < -0.4 is 14.8 Å². The Kier molecular flexibility index (Phi) is 5.88. The summed E-state index contributed by atoms with van der Waals surface area (Å²) < 4.78 is 12.5. The highest BCUT2D eigenvalue weighted by molar-refractivity contribution is 5.94. The highest BCUT2D eigenvalue weighted by Crippen LogP contribution is 2.23. The topological polar surface area (TPSA) is 134 Å². The first-order valence-corrected chi connectivity index (χ1v) is 9.57. The number of ether oxygens (including phenoxy) is 2. The Balaban J connectivity index is 1.38. The number of nitrogens with zero attached hydrogens (tertiary/aromatic N) is 5. The molecule has 2 aromatic carbocycles. The van der Waals surface area contributed by atoms with Crippen LogP contribution in [0.25, 0.3) is 17.0 Å². The molecule has 0 bridgehead atoms. The summed E-state index contributed by atoms with van der Waals surface area (Å²) in [5, 5.41) is 26.1. The number of amides is 1. The van der Waals surface area contributed by atoms with E-state index in [1.165, 1.54) is 24.3 Å². The molecule has 11 nitrogen and oxygen atoms in total. The van der Waals surface area contributed by atoms with Crippen molar-refractivity contribution in [1.82, 2.24) is 25.1 Å². The molecule has 4 rings (SSSR count). The number of aromatic nitrogens is 4. The van der Waals surface area contributed by atoms with Gasteiger partial charge in [-0.05, 0) is 30.3 Å². The van der Waals surface area contributed by atoms with Gasteiger partial charge in [-0.3, -0.25) is 14.9 Å². The van der Waals surface area contributed by atoms with Crippen LogP contribution >= 0.6 is 0 Å². The number of benzene rings is 2. The molecular formula is C21H18N6O5. The standard InChI is InChI=1S/C21H18N6O5/c1-31-17-4-2-3-15(13-17)20-24-23-18-9-10-19(25-26(18)20)32-12-11-22-21(28)14-5-7-16(8-6-14)27(29)30/h2-10,13H,11-12H2,1H3,(H,22,28). The van der Waals surface area contributed by atoms with E-state index >= 15 is 0 Å². The Morgan fingerprint density at radius 2 is 1.94 bits per heavy atom. The number of carbonyl (C=O) groups excluding carboxylic acids is 1. The van der Waals surface area contributed by atoms with Crippen LogP contribution in [-0.2, 0) is 0 Å². The maximum Gasteiger partial charge on any atom is 0.269 e. The van der Waals surface area contributed by atoms with Crippen LogP contribution in [0.3, 0.4) is 0 Å². The molecule has 0 atom stereocenters. The Morgan fingerprint density at radius 1 is 1.12 bits per heavy atom. The van der Waals surface area contributed by atoms with Crippen molar-refractivity contribution >= 4 is 17.2 Å². The van der Waals surface area contributed by atoms with Crippen molar-refractivity contribution in [2.45, 2.75) is 0 Å². The summed E-state index contributed by atoms with van der Waals surface area (Å²) in [6, 6.07) is 16.1. The molecule has 11 heteroatoms. The lowest BCUT2D eigenvalue weighted by atomic mass is 10.2. The zero-order valence-electron chi connectivity index (χ0n) is 17.0. The molecule has 32 heavy (non-hydrogen) atoms. The van der Waals surface area contributed by atoms with Gasteiger partial charge < -0.3 is 14.8 Å². The number of non-ortho nitro benzene ring substituents is 1. The molecule has 4 aromatic rings. The number of methoxy groups -OCH3 is 1. The molecule has 2 heterocycles. The molecule has 1 amide bonds. The Bertz CT molecular complexity index is 1270. The second kappa shape index (κ2) is 9.08. The molecule has 162 valence electrons. The second-order valence-electron chi connectivity index (χ2n) is 6.61. The molecule has 0 fully saturated rings. The molecule has 0 saturated heterocycles. The molecular weight excluding hydrogens is 416 g/mol. The largest absolute Gasteiger partial charge is 0.497 e. The van der Waals surface area contributed by atoms with Crippen LogP contribution in [0.4, 0.5) is 5.69 Å². The summed E-state index contributed by atoms with van der Waals surface area (Å²) in [4.78, 5) is 22.3. The van der Waals surface area contributed by atoms with Crippen LogP contribution in [0.2, 0.25) is 0 Å². The van der Waals surface area contributed by atoms with Gasteiger partial charge in [-0.1, -0.05) is 12.1 Å². The number of fused-ring (bicyclic) bond motifs is 1. The van der Waals surface area contributed by atoms with Gasteiger partial charge in [-0.25, -0.2) is 0 Å². The minimum absolute atomic E-state index is 0.0753. The third-order valence-corrected chi connectivity index (χ3v) is 4.54. The first kappa shape index (κ1) is 20.7. The van der Waals surface area contributed by atoms with Gasteiger partial charge in [0.1, 0.15) is 12.4 Å². The predicted octanol–water partition coefficient (Wildman–Crippen LogP) is 2.52. The molecule has 0 aliphatic rings. The maximum absolute atomic E-state index is 12.1. The predicted molar refractivity (Wildman–Crippen MR) is 114 cm³/mol. The first-order valence-electron chi connectivity index (χ1n) is 9.57. The van der Waals surface area contributed by atoms with E-state index < -0.39 is 4.92 Å². The van der Waals surface area contributed by atoms with E-state index in [1.54, 1.807) is 23.8 Å². The van der Waals surface area contributed by atoms with Gasteiger partial charge in [0.15, 0.2) is 11.5 Å². The van der Waals surface area contributed by atoms with Crippen molar-refractivity contribution in [3.63, 3.8) is 0 Å². The molecule has 0 aliphatic carbocycles. The zero-order chi connectivity index (χ0) is 22.5. The summed E-state index contributed by atoms with van der Waals surface area (Å²) in [6.45, 7) is 0.397. The first-order chi connectivity index (χ1) is 15.5. The Hall–Kier alpha value is -4.54. The highest BCUT2D eigenvalue weighted by atomic mass is 16.6. The van der Waals surface area contributed by atoms with Gasteiger partial charge in [0.05, 0.1) is 18.6 Å². The quantitative estimate of drug-likeness (QED) is 0.254. The van der Waals surface area contributed by atoms with Gasteiger partial charge in [0.25, 0.3) is 11.6 Å². The summed E-state index contributed by atoms with van der Waals surface area (Å²) in [7, 11) is 1.59. The minimum atomic E-state index is -0.519. The summed E-state index contributed by atoms with van der Waals surface area (Å²) in [5.74, 6) is 1.21. The number of rotatable bonds is 8. The maximum atomic E-state index is 12.1. The van der Waals surface area contributed by atoms with Gasteiger partial charge in [-0.15, -0.1) is 15.3 Å². The van der Waals surface area contributed by atoms with Crippen molar-refractivity contribution in [3.05, 3.63) is 76.3 Å². The molecule has 0 spiro atoms. The Labute approximate surface area is 181 Å². The van der Waals surface area contributed by atoms with Crippen LogP contribution in [0, 0.1) is 10.1 Å². The lowest BCUT2D eigenvalue weighted by molar-refractivity contribution is -0.384. The number of nitrogens with one attached hydrogen (secondary N) is 1. The summed E-state index contributed by atoms with van der Waals surface area (Å²) in [5.41, 5.74) is 1.59. The van der Waals surface area contributed by atoms with E-state index in [0.29, 0.717) is 28.7 Å². The SMILES string of the molecule is COc1cccc(-c2nnc3ccc(OCCNC(=O)c4ccc([N+](=O)[O-])cc4)nn23)c1. The van der Waals surface area contributed by atoms with Crippen LogP contribution in [0.15, 0.2) is 60.7 Å².